The van der Waals surface area contributed by atoms with Crippen LogP contribution < -0.4 is 20.2 Å². The summed E-state index contributed by atoms with van der Waals surface area (Å²) in [4.78, 5) is 0.175. The van der Waals surface area contributed by atoms with Crippen molar-refractivity contribution in [3.63, 3.8) is 0 Å². The van der Waals surface area contributed by atoms with Gasteiger partial charge in [0.25, 0.3) is 0 Å². The van der Waals surface area contributed by atoms with Crippen molar-refractivity contribution in [2.75, 3.05) is 0 Å². The highest BCUT2D eigenvalue weighted by Gasteiger charge is 2.38. The van der Waals surface area contributed by atoms with E-state index in [2.05, 4.69) is 6.07 Å². The van der Waals surface area contributed by atoms with Gasteiger partial charge < -0.3 is 0 Å². The van der Waals surface area contributed by atoms with Crippen LogP contribution in [0.1, 0.15) is 0 Å². The first-order valence-electron chi connectivity index (χ1n) is 10.7. The molecule has 0 unspecified atom stereocenters. The van der Waals surface area contributed by atoms with Crippen molar-refractivity contribution in [1.82, 2.24) is 0 Å². The molecule has 0 fully saturated rings. The van der Waals surface area contributed by atoms with Crippen LogP contribution in [0.4, 0.5) is 0 Å². The van der Waals surface area contributed by atoms with Crippen LogP contribution >= 0.6 is 23.2 Å². The number of hydrogen-bond donors (Lipinski definition) is 0. The molecule has 0 heterocycles. The minimum Gasteiger partial charge on any atom is -0.190 e. The van der Waals surface area contributed by atoms with Gasteiger partial charge >= 0.3 is 30.4 Å². The highest BCUT2D eigenvalue weighted by atomic mass is 127. The third-order valence-corrected chi connectivity index (χ3v) is 13.8. The number of halogens is 3. The lowest BCUT2D eigenvalue weighted by molar-refractivity contribution is -1.03. The van der Waals surface area contributed by atoms with Gasteiger partial charge in [-0.05, 0) is 84.0 Å². The second-order valence-corrected chi connectivity index (χ2v) is 15.4. The first-order chi connectivity index (χ1) is 16.9. The Labute approximate surface area is 220 Å². The second kappa shape index (κ2) is 8.91. The molecule has 35 heavy (non-hydrogen) atoms. The molecule has 6 rings (SSSR count). The molecule has 6 aromatic rings. The predicted octanol–water partition coefficient (Wildman–Crippen LogP) is 4.88. The minimum absolute atomic E-state index is 0.175. The molecular weight excluding hydrogens is 614 g/mol. The van der Waals surface area contributed by atoms with Gasteiger partial charge in [-0.1, -0.05) is 71.7 Å². The fraction of sp³-hybridized carbons (Fsp3) is 0. The molecule has 173 valence electrons. The van der Waals surface area contributed by atoms with Crippen molar-refractivity contribution in [1.29, 1.82) is 0 Å². The van der Waals surface area contributed by atoms with Gasteiger partial charge in [-0.15, -0.1) is 0 Å². The number of benzene rings is 6. The fourth-order valence-electron chi connectivity index (χ4n) is 4.33. The van der Waals surface area contributed by atoms with Crippen molar-refractivity contribution < 1.29 is 31.2 Å². The van der Waals surface area contributed by atoms with Crippen LogP contribution in [0.15, 0.2) is 108 Å². The third kappa shape index (κ3) is 4.15. The highest BCUT2D eigenvalue weighted by Crippen LogP contribution is 2.37. The molecule has 0 saturated carbocycles. The molecule has 0 N–H and O–H groups in total. The van der Waals surface area contributed by atoms with Crippen LogP contribution in [0.25, 0.3) is 32.3 Å². The van der Waals surface area contributed by atoms with Crippen molar-refractivity contribution in [3.8, 4) is 0 Å². The van der Waals surface area contributed by atoms with E-state index in [1.165, 1.54) is 0 Å². The van der Waals surface area contributed by atoms with Gasteiger partial charge in [0.1, 0.15) is 4.90 Å². The normalized spacial score (nSPS) is 12.3. The summed E-state index contributed by atoms with van der Waals surface area (Å²) in [6.45, 7) is 0. The molecule has 0 bridgehead atoms. The molecule has 0 spiro atoms. The smallest absolute Gasteiger partial charge is 0.190 e. The van der Waals surface area contributed by atoms with E-state index in [1.54, 1.807) is 30.3 Å². The van der Waals surface area contributed by atoms with Crippen molar-refractivity contribution in [3.05, 3.63) is 120 Å². The van der Waals surface area contributed by atoms with E-state index < -0.39 is 30.4 Å². The van der Waals surface area contributed by atoms with Crippen LogP contribution in [0.5, 0.6) is 0 Å². The Balaban J connectivity index is 1.52. The summed E-state index contributed by atoms with van der Waals surface area (Å²) in [5, 5.41) is 6.96. The van der Waals surface area contributed by atoms with Crippen molar-refractivity contribution in [2.24, 2.45) is 0 Å². The lowest BCUT2D eigenvalue weighted by Crippen LogP contribution is -3.85. The van der Waals surface area contributed by atoms with Gasteiger partial charge in [-0.2, -0.15) is 8.42 Å². The van der Waals surface area contributed by atoms with Gasteiger partial charge in [0, 0.05) is 15.4 Å². The monoisotopic (exact) mass is 630 g/mol. The van der Waals surface area contributed by atoms with Gasteiger partial charge in [0.15, 0.2) is 7.14 Å². The van der Waals surface area contributed by atoms with E-state index in [0.717, 1.165) is 34.1 Å². The standard InChI is InChI=1S/C28H17Cl2IO3S/c29-21-8-12-23(13-9-21)31(24-14-10-22(30)11-15-24)34-35(32,33)26-17-7-20-5-4-18-2-1-3-19-6-16-25(26)28(20)27(18)19/h1-17H/q+1. The van der Waals surface area contributed by atoms with Gasteiger partial charge in [-0.25, -0.2) is 0 Å². The van der Waals surface area contributed by atoms with E-state index in [0.29, 0.717) is 15.4 Å². The molecule has 0 aliphatic rings. The van der Waals surface area contributed by atoms with Crippen molar-refractivity contribution >= 4 is 65.6 Å². The molecule has 0 atom stereocenters. The van der Waals surface area contributed by atoms with Gasteiger partial charge in [0.05, 0.1) is 0 Å². The van der Waals surface area contributed by atoms with E-state index in [-0.39, 0.29) is 4.90 Å². The molecule has 0 saturated heterocycles. The minimum atomic E-state index is -4.10. The van der Waals surface area contributed by atoms with Crippen LogP contribution in [0, 0.1) is 7.14 Å². The van der Waals surface area contributed by atoms with Crippen molar-refractivity contribution in [2.45, 2.75) is 4.90 Å². The molecule has 0 aliphatic carbocycles. The zero-order chi connectivity index (χ0) is 24.2. The zero-order valence-electron chi connectivity index (χ0n) is 18.1. The average Bonchev–Trinajstić information content (AvgIpc) is 2.87. The molecule has 7 heteroatoms. The summed E-state index contributed by atoms with van der Waals surface area (Å²) in [7, 11) is -4.10. The maximum atomic E-state index is 13.8. The molecular formula is C28H17Cl2IO3S+. The maximum absolute atomic E-state index is 13.8. The lowest BCUT2D eigenvalue weighted by atomic mass is 9.94. The Morgan fingerprint density at radius 2 is 1.06 bits per heavy atom. The van der Waals surface area contributed by atoms with Gasteiger partial charge in [0.2, 0.25) is 0 Å². The van der Waals surface area contributed by atoms with E-state index in [4.69, 9.17) is 25.7 Å². The van der Waals surface area contributed by atoms with Crippen LogP contribution in [-0.2, 0) is 12.6 Å². The quantitative estimate of drug-likeness (QED) is 0.202. The molecule has 1 radical (unpaired) electrons. The number of rotatable bonds is 5. The summed E-state index contributed by atoms with van der Waals surface area (Å²) >= 11 is 9.32. The molecule has 0 amide bonds. The molecule has 0 aliphatic heterocycles. The van der Waals surface area contributed by atoms with Crippen LogP contribution in [0.2, 0.25) is 10.0 Å². The Hall–Kier alpha value is -2.42. The predicted molar refractivity (Wildman–Crippen MR) is 139 cm³/mol. The summed E-state index contributed by atoms with van der Waals surface area (Å²) in [6.07, 6.45) is 0. The zero-order valence-corrected chi connectivity index (χ0v) is 22.6. The Morgan fingerprint density at radius 1 is 0.571 bits per heavy atom. The number of hydrogen-bond acceptors (Lipinski definition) is 3. The Kier molecular flexibility index (Phi) is 5.86. The van der Waals surface area contributed by atoms with Gasteiger partial charge in [-0.3, -0.25) is 0 Å². The molecule has 3 nitrogen and oxygen atoms in total. The molecule has 6 aromatic carbocycles. The summed E-state index contributed by atoms with van der Waals surface area (Å²) in [5.74, 6) is 0. The lowest BCUT2D eigenvalue weighted by Gasteiger charge is -2.13. The average molecular weight is 631 g/mol. The Bertz CT molecular complexity index is 1740. The topological polar surface area (TPSA) is 43.4 Å². The first kappa shape index (κ1) is 23.0. The third-order valence-electron chi connectivity index (χ3n) is 5.91. The largest absolute Gasteiger partial charge is 0.336 e. The Morgan fingerprint density at radius 3 is 1.63 bits per heavy atom. The molecule has 0 aromatic heterocycles. The second-order valence-electron chi connectivity index (χ2n) is 8.06. The van der Waals surface area contributed by atoms with E-state index in [1.807, 2.05) is 66.7 Å². The van der Waals surface area contributed by atoms with E-state index >= 15 is 0 Å². The fourth-order valence-corrected chi connectivity index (χ4v) is 11.6. The van der Waals surface area contributed by atoms with Crippen LogP contribution in [-0.4, -0.2) is 8.42 Å². The first-order valence-corrected chi connectivity index (χ1v) is 15.9. The van der Waals surface area contributed by atoms with Crippen LogP contribution in [0.3, 0.4) is 0 Å². The maximum Gasteiger partial charge on any atom is 0.336 e. The summed E-state index contributed by atoms with van der Waals surface area (Å²) in [6, 6.07) is 31.9. The van der Waals surface area contributed by atoms with E-state index in [9.17, 15) is 8.42 Å². The summed E-state index contributed by atoms with van der Waals surface area (Å²) < 4.78 is 35.4. The SMILES string of the molecule is O=S(=O)(O[I+](c1ccc(Cl)cc1)c1ccc(Cl)cc1)c1ccc2ccc3cccc4ccc1c2c34. The summed E-state index contributed by atoms with van der Waals surface area (Å²) in [5.41, 5.74) is 0. The highest BCUT2D eigenvalue weighted by molar-refractivity contribution is 7.86.